The van der Waals surface area contributed by atoms with Crippen molar-refractivity contribution in [3.05, 3.63) is 52.4 Å². The molecule has 3 rings (SSSR count). The number of hydrogen-bond donors (Lipinski definition) is 0. The average molecular weight is 451 g/mol. The first-order valence-electron chi connectivity index (χ1n) is 10.1. The molecular weight excluding hydrogens is 420 g/mol. The number of carbonyl (C=O) groups excluding carboxylic acids is 1. The van der Waals surface area contributed by atoms with E-state index in [9.17, 15) is 13.2 Å². The summed E-state index contributed by atoms with van der Waals surface area (Å²) in [6.07, 6.45) is 0.194. The fraction of sp³-hybridized carbons (Fsp3) is 0.500. The van der Waals surface area contributed by atoms with Crippen molar-refractivity contribution in [1.29, 1.82) is 0 Å². The van der Waals surface area contributed by atoms with E-state index in [0.29, 0.717) is 32.8 Å². The number of thiophene rings is 1. The number of rotatable bonds is 6. The Hall–Kier alpha value is -1.74. The van der Waals surface area contributed by atoms with Crippen LogP contribution in [0.3, 0.4) is 0 Å². The summed E-state index contributed by atoms with van der Waals surface area (Å²) in [6.45, 7) is 8.60. The third kappa shape index (κ3) is 5.49. The Morgan fingerprint density at radius 2 is 1.73 bits per heavy atom. The predicted molar refractivity (Wildman–Crippen MR) is 119 cm³/mol. The second-order valence-corrected chi connectivity index (χ2v) is 11.9. The van der Waals surface area contributed by atoms with Crippen molar-refractivity contribution < 1.29 is 17.9 Å². The molecule has 0 radical (unpaired) electrons. The van der Waals surface area contributed by atoms with Crippen molar-refractivity contribution in [3.8, 4) is 0 Å². The van der Waals surface area contributed by atoms with Crippen LogP contribution in [0.1, 0.15) is 36.8 Å². The summed E-state index contributed by atoms with van der Waals surface area (Å²) in [5, 5.41) is 0. The monoisotopic (exact) mass is 450 g/mol. The van der Waals surface area contributed by atoms with Crippen LogP contribution in [0.5, 0.6) is 0 Å². The van der Waals surface area contributed by atoms with Gasteiger partial charge in [-0.05, 0) is 28.7 Å². The summed E-state index contributed by atoms with van der Waals surface area (Å²) in [5.74, 6) is -0.0351. The summed E-state index contributed by atoms with van der Waals surface area (Å²) in [6, 6.07) is 11.7. The molecule has 2 heterocycles. The molecule has 1 aromatic carbocycles. The quantitative estimate of drug-likeness (QED) is 0.678. The van der Waals surface area contributed by atoms with E-state index in [2.05, 4.69) is 45.0 Å². The van der Waals surface area contributed by atoms with E-state index >= 15 is 0 Å². The number of hydrogen-bond acceptors (Lipinski definition) is 5. The minimum Gasteiger partial charge on any atom is -0.379 e. The smallest absolute Gasteiger partial charge is 0.252 e. The standard InChI is InChI=1S/C22H30N2O4S2/c1-22(2,3)18-7-5-17(6-8-18)16-23(4)20(25)15-19-9-10-21(29-19)30(26,27)24-11-13-28-14-12-24/h5-10H,11-16H2,1-4H3. The first-order valence-corrected chi connectivity index (χ1v) is 12.3. The maximum atomic E-state index is 12.7. The van der Waals surface area contributed by atoms with Gasteiger partial charge in [-0.2, -0.15) is 4.31 Å². The molecule has 1 fully saturated rings. The number of morpholine rings is 1. The van der Waals surface area contributed by atoms with Crippen LogP contribution in [0.4, 0.5) is 0 Å². The third-order valence-electron chi connectivity index (χ3n) is 5.19. The van der Waals surface area contributed by atoms with Crippen LogP contribution in [0.2, 0.25) is 0 Å². The van der Waals surface area contributed by atoms with Crippen LogP contribution in [-0.2, 0) is 37.9 Å². The van der Waals surface area contributed by atoms with Gasteiger partial charge in [0.15, 0.2) is 0 Å². The Morgan fingerprint density at radius 3 is 2.33 bits per heavy atom. The molecule has 1 saturated heterocycles. The highest BCUT2D eigenvalue weighted by molar-refractivity contribution is 7.91. The van der Waals surface area contributed by atoms with Gasteiger partial charge in [-0.15, -0.1) is 11.3 Å². The fourth-order valence-electron chi connectivity index (χ4n) is 3.26. The minimum atomic E-state index is -3.52. The van der Waals surface area contributed by atoms with Crippen LogP contribution < -0.4 is 0 Å². The zero-order valence-electron chi connectivity index (χ0n) is 18.1. The van der Waals surface area contributed by atoms with Crippen molar-refractivity contribution in [2.75, 3.05) is 33.4 Å². The van der Waals surface area contributed by atoms with E-state index in [0.717, 1.165) is 10.4 Å². The lowest BCUT2D eigenvalue weighted by Gasteiger charge is -2.25. The summed E-state index contributed by atoms with van der Waals surface area (Å²) in [5.41, 5.74) is 2.42. The Kier molecular flexibility index (Phi) is 7.02. The molecule has 1 amide bonds. The molecule has 1 aromatic heterocycles. The Bertz CT molecular complexity index is 969. The Morgan fingerprint density at radius 1 is 1.10 bits per heavy atom. The molecule has 8 heteroatoms. The van der Waals surface area contributed by atoms with Crippen molar-refractivity contribution in [2.24, 2.45) is 0 Å². The lowest BCUT2D eigenvalue weighted by Crippen LogP contribution is -2.40. The normalized spacial score (nSPS) is 15.9. The Balaban J connectivity index is 1.60. The molecule has 0 unspecified atom stereocenters. The average Bonchev–Trinajstić information content (AvgIpc) is 3.17. The molecule has 0 spiro atoms. The molecule has 0 aliphatic carbocycles. The van der Waals surface area contributed by atoms with E-state index < -0.39 is 10.0 Å². The number of carbonyl (C=O) groups is 1. The maximum Gasteiger partial charge on any atom is 0.252 e. The van der Waals surface area contributed by atoms with E-state index in [-0.39, 0.29) is 22.0 Å². The lowest BCUT2D eigenvalue weighted by molar-refractivity contribution is -0.129. The highest BCUT2D eigenvalue weighted by Crippen LogP contribution is 2.26. The highest BCUT2D eigenvalue weighted by atomic mass is 32.2. The molecule has 0 N–H and O–H groups in total. The Labute approximate surface area is 183 Å². The molecule has 0 bridgehead atoms. The van der Waals surface area contributed by atoms with Crippen molar-refractivity contribution in [2.45, 2.75) is 43.4 Å². The number of sulfonamides is 1. The SMILES string of the molecule is CN(Cc1ccc(C(C)(C)C)cc1)C(=O)Cc1ccc(S(=O)(=O)N2CCOCC2)s1. The number of amides is 1. The van der Waals surface area contributed by atoms with Gasteiger partial charge in [-0.25, -0.2) is 8.42 Å². The van der Waals surface area contributed by atoms with Gasteiger partial charge in [0, 0.05) is 31.6 Å². The number of likely N-dealkylation sites (N-methyl/N-ethyl adjacent to an activating group) is 1. The zero-order chi connectivity index (χ0) is 21.9. The first kappa shape index (κ1) is 22.9. The number of benzene rings is 1. The number of ether oxygens (including phenoxy) is 1. The van der Waals surface area contributed by atoms with Crippen LogP contribution in [0.25, 0.3) is 0 Å². The van der Waals surface area contributed by atoms with Crippen LogP contribution >= 0.6 is 11.3 Å². The summed E-state index contributed by atoms with van der Waals surface area (Å²) >= 11 is 1.17. The van der Waals surface area contributed by atoms with Gasteiger partial charge in [-0.3, -0.25) is 4.79 Å². The van der Waals surface area contributed by atoms with E-state index in [4.69, 9.17) is 4.74 Å². The summed E-state index contributed by atoms with van der Waals surface area (Å²) in [4.78, 5) is 15.1. The maximum absolute atomic E-state index is 12.7. The molecule has 1 aliphatic rings. The second kappa shape index (κ2) is 9.18. The molecule has 2 aromatic rings. The molecule has 1 aliphatic heterocycles. The van der Waals surface area contributed by atoms with E-state index in [1.165, 1.54) is 21.2 Å². The second-order valence-electron chi connectivity index (χ2n) is 8.61. The molecule has 6 nitrogen and oxygen atoms in total. The van der Waals surface area contributed by atoms with E-state index in [1.807, 2.05) is 0 Å². The molecule has 0 saturated carbocycles. The molecule has 30 heavy (non-hydrogen) atoms. The largest absolute Gasteiger partial charge is 0.379 e. The first-order chi connectivity index (χ1) is 14.1. The third-order valence-corrected chi connectivity index (χ3v) is 8.64. The summed E-state index contributed by atoms with van der Waals surface area (Å²) < 4.78 is 32.5. The highest BCUT2D eigenvalue weighted by Gasteiger charge is 2.28. The van der Waals surface area contributed by atoms with Gasteiger partial charge in [-0.1, -0.05) is 45.0 Å². The van der Waals surface area contributed by atoms with Crippen molar-refractivity contribution in [3.63, 3.8) is 0 Å². The lowest BCUT2D eigenvalue weighted by atomic mass is 9.87. The van der Waals surface area contributed by atoms with Gasteiger partial charge in [0.25, 0.3) is 10.0 Å². The predicted octanol–water partition coefficient (Wildman–Crippen LogP) is 3.27. The van der Waals surface area contributed by atoms with Gasteiger partial charge in [0.2, 0.25) is 5.91 Å². The van der Waals surface area contributed by atoms with Gasteiger partial charge in [0.1, 0.15) is 4.21 Å². The summed E-state index contributed by atoms with van der Waals surface area (Å²) in [7, 11) is -1.74. The number of nitrogens with zero attached hydrogens (tertiary/aromatic N) is 2. The van der Waals surface area contributed by atoms with Gasteiger partial charge >= 0.3 is 0 Å². The molecule has 0 atom stereocenters. The fourth-order valence-corrected chi connectivity index (χ4v) is 6.17. The minimum absolute atomic E-state index is 0.0351. The van der Waals surface area contributed by atoms with Gasteiger partial charge < -0.3 is 9.64 Å². The van der Waals surface area contributed by atoms with Crippen LogP contribution in [0.15, 0.2) is 40.6 Å². The topological polar surface area (TPSA) is 66.9 Å². The van der Waals surface area contributed by atoms with Crippen molar-refractivity contribution in [1.82, 2.24) is 9.21 Å². The van der Waals surface area contributed by atoms with E-state index in [1.54, 1.807) is 24.1 Å². The van der Waals surface area contributed by atoms with Crippen molar-refractivity contribution >= 4 is 27.3 Å². The van der Waals surface area contributed by atoms with Gasteiger partial charge in [0.05, 0.1) is 19.6 Å². The zero-order valence-corrected chi connectivity index (χ0v) is 19.7. The van der Waals surface area contributed by atoms with Crippen LogP contribution in [0, 0.1) is 0 Å². The van der Waals surface area contributed by atoms with Crippen LogP contribution in [-0.4, -0.2) is 56.9 Å². The molecule has 164 valence electrons. The molecular formula is C22H30N2O4S2.